The number of carbonyl (C=O) groups is 1. The molecule has 0 spiro atoms. The number of para-hydroxylation sites is 1. The molecule has 8 nitrogen and oxygen atoms in total. The number of nitro groups is 1. The fourth-order valence-corrected chi connectivity index (χ4v) is 4.14. The molecule has 2 aromatic heterocycles. The van der Waals surface area contributed by atoms with Crippen LogP contribution in [0.3, 0.4) is 0 Å². The van der Waals surface area contributed by atoms with Crippen LogP contribution < -0.4 is 10.1 Å². The summed E-state index contributed by atoms with van der Waals surface area (Å²) in [7, 11) is 0. The highest BCUT2D eigenvalue weighted by molar-refractivity contribution is 6.35. The number of nitrogens with zero attached hydrogens (tertiary/aromatic N) is 2. The van der Waals surface area contributed by atoms with Gasteiger partial charge in [0.1, 0.15) is 6.20 Å². The van der Waals surface area contributed by atoms with Gasteiger partial charge in [0.15, 0.2) is 6.61 Å². The van der Waals surface area contributed by atoms with Gasteiger partial charge < -0.3 is 25.2 Å². The fraction of sp³-hybridized carbons (Fsp3) is 0.130. The van der Waals surface area contributed by atoms with Crippen LogP contribution in [0.25, 0.3) is 10.9 Å². The summed E-state index contributed by atoms with van der Waals surface area (Å²) >= 11 is 12.6. The van der Waals surface area contributed by atoms with Gasteiger partial charge in [0.25, 0.3) is 5.91 Å². The van der Waals surface area contributed by atoms with Crippen molar-refractivity contribution in [2.45, 2.75) is 5.92 Å². The molecule has 4 rings (SSSR count). The number of H-pyrrole nitrogens is 1. The molecule has 33 heavy (non-hydrogen) atoms. The minimum atomic E-state index is -0.664. The highest BCUT2D eigenvalue weighted by Gasteiger charge is 2.22. The van der Waals surface area contributed by atoms with Gasteiger partial charge in [0.2, 0.25) is 5.75 Å². The van der Waals surface area contributed by atoms with Gasteiger partial charge in [-0.1, -0.05) is 47.5 Å². The van der Waals surface area contributed by atoms with E-state index in [1.807, 2.05) is 36.5 Å². The van der Waals surface area contributed by atoms with E-state index >= 15 is 0 Å². The number of amides is 1. The molecule has 0 fully saturated rings. The first-order valence-corrected chi connectivity index (χ1v) is 10.7. The molecule has 168 valence electrons. The van der Waals surface area contributed by atoms with Crippen LogP contribution in [0.2, 0.25) is 10.0 Å². The zero-order valence-corrected chi connectivity index (χ0v) is 18.6. The lowest BCUT2D eigenvalue weighted by molar-refractivity contribution is -0.390. The number of aromatic nitrogens is 2. The second-order valence-electron chi connectivity index (χ2n) is 7.18. The predicted octanol–water partition coefficient (Wildman–Crippen LogP) is 5.11. The number of benzene rings is 2. The maximum atomic E-state index is 12.5. The Labute approximate surface area is 198 Å². The number of hydrogen-bond acceptors (Lipinski definition) is 5. The van der Waals surface area contributed by atoms with Crippen LogP contribution in [0.15, 0.2) is 67.0 Å². The molecular weight excluding hydrogens is 467 g/mol. The Kier molecular flexibility index (Phi) is 6.76. The zero-order chi connectivity index (χ0) is 23.4. The lowest BCUT2D eigenvalue weighted by Crippen LogP contribution is -2.33. The van der Waals surface area contributed by atoms with Crippen LogP contribution in [0.4, 0.5) is 5.82 Å². The summed E-state index contributed by atoms with van der Waals surface area (Å²) in [6.45, 7) is -0.179. The Hall–Kier alpha value is -3.62. The first-order chi connectivity index (χ1) is 15.9. The van der Waals surface area contributed by atoms with E-state index in [4.69, 9.17) is 27.9 Å². The quantitative estimate of drug-likeness (QED) is 0.266. The Morgan fingerprint density at radius 2 is 1.97 bits per heavy atom. The van der Waals surface area contributed by atoms with Crippen LogP contribution in [0, 0.1) is 10.1 Å². The molecule has 0 saturated heterocycles. The maximum absolute atomic E-state index is 12.5. The summed E-state index contributed by atoms with van der Waals surface area (Å²) in [6.07, 6.45) is 3.18. The molecule has 0 radical (unpaired) electrons. The highest BCUT2D eigenvalue weighted by Crippen LogP contribution is 2.35. The van der Waals surface area contributed by atoms with Gasteiger partial charge in [-0.15, -0.1) is 0 Å². The van der Waals surface area contributed by atoms with Crippen molar-refractivity contribution < 1.29 is 14.5 Å². The Morgan fingerprint density at radius 1 is 1.15 bits per heavy atom. The average Bonchev–Trinajstić information content (AvgIpc) is 3.23. The highest BCUT2D eigenvalue weighted by atomic mass is 35.5. The van der Waals surface area contributed by atoms with Gasteiger partial charge in [0, 0.05) is 39.6 Å². The smallest absolute Gasteiger partial charge is 0.406 e. The van der Waals surface area contributed by atoms with E-state index in [-0.39, 0.29) is 18.2 Å². The Balaban J connectivity index is 1.54. The summed E-state index contributed by atoms with van der Waals surface area (Å²) < 4.78 is 5.33. The monoisotopic (exact) mass is 484 g/mol. The van der Waals surface area contributed by atoms with Crippen molar-refractivity contribution in [1.82, 2.24) is 15.3 Å². The van der Waals surface area contributed by atoms with Crippen molar-refractivity contribution in [3.05, 3.63) is 98.3 Å². The molecule has 4 aromatic rings. The molecule has 1 atom stereocenters. The molecule has 0 aliphatic rings. The van der Waals surface area contributed by atoms with Crippen molar-refractivity contribution in [3.8, 4) is 5.75 Å². The van der Waals surface area contributed by atoms with Gasteiger partial charge in [0.05, 0.1) is 0 Å². The third-order valence-electron chi connectivity index (χ3n) is 5.12. The van der Waals surface area contributed by atoms with Crippen molar-refractivity contribution in [3.63, 3.8) is 0 Å². The molecule has 2 aromatic carbocycles. The number of nitrogens with one attached hydrogen (secondary N) is 2. The number of ether oxygens (including phenoxy) is 1. The number of halogens is 2. The summed E-state index contributed by atoms with van der Waals surface area (Å²) in [6, 6.07) is 16.0. The number of carbonyl (C=O) groups excluding carboxylic acids is 1. The number of fused-ring (bicyclic) bond motifs is 1. The molecule has 1 unspecified atom stereocenters. The number of aromatic amines is 1. The van der Waals surface area contributed by atoms with E-state index in [0.29, 0.717) is 10.0 Å². The minimum absolute atomic E-state index is 0.0772. The van der Waals surface area contributed by atoms with Gasteiger partial charge in [-0.2, -0.15) is 0 Å². The van der Waals surface area contributed by atoms with Crippen molar-refractivity contribution in [2.24, 2.45) is 0 Å². The van der Waals surface area contributed by atoms with Crippen molar-refractivity contribution >= 4 is 45.8 Å². The van der Waals surface area contributed by atoms with Crippen LogP contribution in [-0.2, 0) is 4.79 Å². The van der Waals surface area contributed by atoms with Crippen LogP contribution in [0.5, 0.6) is 5.75 Å². The zero-order valence-electron chi connectivity index (χ0n) is 17.1. The summed E-state index contributed by atoms with van der Waals surface area (Å²) in [4.78, 5) is 29.8. The Bertz CT molecular complexity index is 1320. The van der Waals surface area contributed by atoms with Gasteiger partial charge >= 0.3 is 5.82 Å². The van der Waals surface area contributed by atoms with Crippen LogP contribution in [-0.4, -0.2) is 34.0 Å². The molecule has 0 saturated carbocycles. The number of pyridine rings is 1. The first-order valence-electron chi connectivity index (χ1n) is 9.94. The van der Waals surface area contributed by atoms with Crippen LogP contribution >= 0.6 is 23.2 Å². The number of hydrogen-bond donors (Lipinski definition) is 2. The predicted molar refractivity (Wildman–Crippen MR) is 126 cm³/mol. The molecule has 1 amide bonds. The molecule has 0 aliphatic carbocycles. The van der Waals surface area contributed by atoms with E-state index in [2.05, 4.69) is 15.3 Å². The van der Waals surface area contributed by atoms with Gasteiger partial charge in [-0.3, -0.25) is 4.79 Å². The molecule has 10 heteroatoms. The standard InChI is InChI=1S/C23H18Cl2N4O4/c24-14-7-8-15(19(25)10-14)17(18-11-27-20-5-2-1-4-16(18)20)12-28-22(30)13-33-21-6-3-9-26-23(21)29(31)32/h1-11,17,27H,12-13H2,(H,28,30). The molecule has 0 bridgehead atoms. The Morgan fingerprint density at radius 3 is 2.76 bits per heavy atom. The second-order valence-corrected chi connectivity index (χ2v) is 8.03. The lowest BCUT2D eigenvalue weighted by atomic mass is 9.90. The normalized spacial score (nSPS) is 11.8. The first kappa shape index (κ1) is 22.6. The van der Waals surface area contributed by atoms with Crippen molar-refractivity contribution in [2.75, 3.05) is 13.2 Å². The molecule has 2 N–H and O–H groups in total. The van der Waals surface area contributed by atoms with Gasteiger partial charge in [-0.05, 0) is 51.4 Å². The van der Waals surface area contributed by atoms with E-state index < -0.39 is 23.3 Å². The molecule has 2 heterocycles. The lowest BCUT2D eigenvalue weighted by Gasteiger charge is -2.20. The average molecular weight is 485 g/mol. The molecule has 0 aliphatic heterocycles. The van der Waals surface area contributed by atoms with E-state index in [1.54, 1.807) is 12.1 Å². The summed E-state index contributed by atoms with van der Waals surface area (Å²) in [5, 5.41) is 15.9. The number of rotatable bonds is 8. The third kappa shape index (κ3) is 5.08. The van der Waals surface area contributed by atoms with E-state index in [1.165, 1.54) is 18.3 Å². The maximum Gasteiger partial charge on any atom is 0.406 e. The SMILES string of the molecule is O=C(COc1cccnc1[N+](=O)[O-])NCC(c1ccc(Cl)cc1Cl)c1c[nH]c2ccccc12. The largest absolute Gasteiger partial charge is 0.476 e. The second kappa shape index (κ2) is 9.89. The topological polar surface area (TPSA) is 110 Å². The summed E-state index contributed by atoms with van der Waals surface area (Å²) in [5.41, 5.74) is 2.72. The third-order valence-corrected chi connectivity index (χ3v) is 5.68. The van der Waals surface area contributed by atoms with E-state index in [9.17, 15) is 14.9 Å². The van der Waals surface area contributed by atoms with Gasteiger partial charge in [-0.25, -0.2) is 0 Å². The molecular formula is C23H18Cl2N4O4. The fourth-order valence-electron chi connectivity index (χ4n) is 3.60. The summed E-state index contributed by atoms with van der Waals surface area (Å²) in [5.74, 6) is -1.24. The van der Waals surface area contributed by atoms with Crippen molar-refractivity contribution in [1.29, 1.82) is 0 Å². The van der Waals surface area contributed by atoms with E-state index in [0.717, 1.165) is 22.0 Å². The minimum Gasteiger partial charge on any atom is -0.476 e. The van der Waals surface area contributed by atoms with Crippen LogP contribution in [0.1, 0.15) is 17.0 Å².